The van der Waals surface area contributed by atoms with Crippen LogP contribution in [-0.4, -0.2) is 18.4 Å². The summed E-state index contributed by atoms with van der Waals surface area (Å²) in [7, 11) is 0. The lowest BCUT2D eigenvalue weighted by Crippen LogP contribution is -2.20. The number of carbonyl (C=O) groups is 2. The molecule has 3 aromatic rings. The smallest absolute Gasteiger partial charge is 0.262 e. The van der Waals surface area contributed by atoms with E-state index in [4.69, 9.17) is 27.9 Å². The third-order valence-corrected chi connectivity index (χ3v) is 4.16. The van der Waals surface area contributed by atoms with Crippen molar-refractivity contribution in [3.05, 3.63) is 88.4 Å². The van der Waals surface area contributed by atoms with Crippen LogP contribution in [0.15, 0.2) is 72.8 Å². The molecule has 142 valence electrons. The van der Waals surface area contributed by atoms with Gasteiger partial charge in [-0.15, -0.1) is 0 Å². The zero-order chi connectivity index (χ0) is 19.9. The molecular weight excluding hydrogens is 399 g/mol. The Kier molecular flexibility index (Phi) is 6.53. The molecule has 0 spiro atoms. The Balaban J connectivity index is 1.58. The van der Waals surface area contributed by atoms with E-state index in [9.17, 15) is 9.59 Å². The zero-order valence-corrected chi connectivity index (χ0v) is 16.1. The first-order valence-electron chi connectivity index (χ1n) is 8.35. The van der Waals surface area contributed by atoms with Gasteiger partial charge in [0, 0.05) is 27.0 Å². The highest BCUT2D eigenvalue weighted by molar-refractivity contribution is 6.31. The van der Waals surface area contributed by atoms with Gasteiger partial charge in [-0.3, -0.25) is 9.59 Å². The minimum atomic E-state index is -0.345. The summed E-state index contributed by atoms with van der Waals surface area (Å²) in [6.07, 6.45) is 0. The molecule has 0 atom stereocenters. The molecule has 0 aromatic heterocycles. The Morgan fingerprint density at radius 1 is 0.786 bits per heavy atom. The largest absolute Gasteiger partial charge is 0.484 e. The van der Waals surface area contributed by atoms with E-state index in [0.717, 1.165) is 0 Å². The third kappa shape index (κ3) is 5.74. The number of amides is 2. The summed E-state index contributed by atoms with van der Waals surface area (Å²) in [5.74, 6) is -0.118. The Morgan fingerprint density at radius 2 is 1.46 bits per heavy atom. The average molecular weight is 415 g/mol. The van der Waals surface area contributed by atoms with Crippen LogP contribution >= 0.6 is 23.2 Å². The van der Waals surface area contributed by atoms with E-state index < -0.39 is 0 Å². The van der Waals surface area contributed by atoms with Crippen molar-refractivity contribution in [3.63, 3.8) is 0 Å². The number of halogens is 2. The van der Waals surface area contributed by atoms with Crippen LogP contribution in [0, 0.1) is 0 Å². The van der Waals surface area contributed by atoms with Crippen molar-refractivity contribution in [2.45, 2.75) is 0 Å². The summed E-state index contributed by atoms with van der Waals surface area (Å²) in [5.41, 5.74) is 1.48. The molecule has 7 heteroatoms. The van der Waals surface area contributed by atoms with Crippen molar-refractivity contribution in [2.24, 2.45) is 0 Å². The summed E-state index contributed by atoms with van der Waals surface area (Å²) < 4.78 is 5.40. The molecule has 0 unspecified atom stereocenters. The number of ether oxygens (including phenoxy) is 1. The van der Waals surface area contributed by atoms with Gasteiger partial charge in [-0.1, -0.05) is 35.3 Å². The van der Waals surface area contributed by atoms with Gasteiger partial charge in [0.2, 0.25) is 0 Å². The van der Waals surface area contributed by atoms with Crippen molar-refractivity contribution in [1.29, 1.82) is 0 Å². The SMILES string of the molecule is O=C(COc1ccc(Cl)cc1)Nc1cccc(C(=O)Nc2cccc(Cl)c2)c1. The van der Waals surface area contributed by atoms with Crippen LogP contribution < -0.4 is 15.4 Å². The van der Waals surface area contributed by atoms with E-state index in [1.54, 1.807) is 72.8 Å². The molecule has 0 aliphatic carbocycles. The number of hydrogen-bond donors (Lipinski definition) is 2. The van der Waals surface area contributed by atoms with Gasteiger partial charge in [-0.2, -0.15) is 0 Å². The summed E-state index contributed by atoms with van der Waals surface area (Å²) in [6.45, 7) is -0.166. The first kappa shape index (κ1) is 19.7. The fourth-order valence-electron chi connectivity index (χ4n) is 2.38. The molecule has 3 rings (SSSR count). The minimum absolute atomic E-state index is 0.166. The topological polar surface area (TPSA) is 67.4 Å². The van der Waals surface area contributed by atoms with Gasteiger partial charge in [0.25, 0.3) is 11.8 Å². The predicted octanol–water partition coefficient (Wildman–Crippen LogP) is 5.26. The average Bonchev–Trinajstić information content (AvgIpc) is 2.68. The lowest BCUT2D eigenvalue weighted by Gasteiger charge is -2.10. The van der Waals surface area contributed by atoms with E-state index in [0.29, 0.717) is 32.7 Å². The number of benzene rings is 3. The zero-order valence-electron chi connectivity index (χ0n) is 14.6. The molecular formula is C21H16Cl2N2O3. The van der Waals surface area contributed by atoms with Crippen molar-refractivity contribution in [1.82, 2.24) is 0 Å². The molecule has 3 aromatic carbocycles. The van der Waals surface area contributed by atoms with Crippen molar-refractivity contribution < 1.29 is 14.3 Å². The number of nitrogens with one attached hydrogen (secondary N) is 2. The molecule has 5 nitrogen and oxygen atoms in total. The standard InChI is InChI=1S/C21H16Cl2N2O3/c22-15-7-9-19(10-8-15)28-13-20(26)24-17-5-1-3-14(11-17)21(27)25-18-6-2-4-16(23)12-18/h1-12H,13H2,(H,24,26)(H,25,27). The summed E-state index contributed by atoms with van der Waals surface area (Å²) >= 11 is 11.7. The highest BCUT2D eigenvalue weighted by Crippen LogP contribution is 2.18. The van der Waals surface area contributed by atoms with Crippen LogP contribution in [0.5, 0.6) is 5.75 Å². The molecule has 2 amide bonds. The van der Waals surface area contributed by atoms with Gasteiger partial charge < -0.3 is 15.4 Å². The first-order chi connectivity index (χ1) is 13.5. The van der Waals surface area contributed by atoms with Gasteiger partial charge in [0.05, 0.1) is 0 Å². The van der Waals surface area contributed by atoms with Crippen LogP contribution in [0.25, 0.3) is 0 Å². The predicted molar refractivity (Wildman–Crippen MR) is 111 cm³/mol. The maximum Gasteiger partial charge on any atom is 0.262 e. The van der Waals surface area contributed by atoms with Crippen LogP contribution in [-0.2, 0) is 4.79 Å². The molecule has 2 N–H and O–H groups in total. The molecule has 0 saturated carbocycles. The van der Waals surface area contributed by atoms with E-state index in [2.05, 4.69) is 10.6 Å². The quantitative estimate of drug-likeness (QED) is 0.577. The second kappa shape index (κ2) is 9.26. The Bertz CT molecular complexity index is 991. The van der Waals surface area contributed by atoms with Crippen LogP contribution in [0.4, 0.5) is 11.4 Å². The van der Waals surface area contributed by atoms with Crippen molar-refractivity contribution >= 4 is 46.4 Å². The molecule has 0 heterocycles. The first-order valence-corrected chi connectivity index (χ1v) is 9.10. The second-order valence-electron chi connectivity index (χ2n) is 5.84. The van der Waals surface area contributed by atoms with E-state index >= 15 is 0 Å². The van der Waals surface area contributed by atoms with Gasteiger partial charge in [-0.25, -0.2) is 0 Å². The minimum Gasteiger partial charge on any atom is -0.484 e. The highest BCUT2D eigenvalue weighted by Gasteiger charge is 2.09. The summed E-state index contributed by atoms with van der Waals surface area (Å²) in [6, 6.07) is 20.2. The molecule has 0 fully saturated rings. The third-order valence-electron chi connectivity index (χ3n) is 3.67. The number of hydrogen-bond acceptors (Lipinski definition) is 3. The maximum absolute atomic E-state index is 12.4. The van der Waals surface area contributed by atoms with Crippen LogP contribution in [0.2, 0.25) is 10.0 Å². The summed E-state index contributed by atoms with van der Waals surface area (Å²) in [5, 5.41) is 6.57. The van der Waals surface area contributed by atoms with Gasteiger partial charge in [0.15, 0.2) is 6.61 Å². The van der Waals surface area contributed by atoms with E-state index in [1.807, 2.05) is 0 Å². The highest BCUT2D eigenvalue weighted by atomic mass is 35.5. The normalized spacial score (nSPS) is 10.2. The van der Waals surface area contributed by atoms with Gasteiger partial charge in [0.1, 0.15) is 5.75 Å². The van der Waals surface area contributed by atoms with Gasteiger partial charge >= 0.3 is 0 Å². The molecule has 0 aliphatic heterocycles. The summed E-state index contributed by atoms with van der Waals surface area (Å²) in [4.78, 5) is 24.5. The molecule has 0 radical (unpaired) electrons. The monoisotopic (exact) mass is 414 g/mol. The lowest BCUT2D eigenvalue weighted by atomic mass is 10.2. The lowest BCUT2D eigenvalue weighted by molar-refractivity contribution is -0.118. The second-order valence-corrected chi connectivity index (χ2v) is 6.71. The molecule has 0 aliphatic rings. The van der Waals surface area contributed by atoms with Crippen LogP contribution in [0.3, 0.4) is 0 Å². The van der Waals surface area contributed by atoms with Gasteiger partial charge in [-0.05, 0) is 60.7 Å². The van der Waals surface area contributed by atoms with Crippen molar-refractivity contribution in [2.75, 3.05) is 17.2 Å². The molecule has 28 heavy (non-hydrogen) atoms. The van der Waals surface area contributed by atoms with Crippen LogP contribution in [0.1, 0.15) is 10.4 Å². The van der Waals surface area contributed by atoms with Crippen molar-refractivity contribution in [3.8, 4) is 5.75 Å². The molecule has 0 saturated heterocycles. The Labute approximate surface area is 172 Å². The molecule has 0 bridgehead atoms. The fraction of sp³-hybridized carbons (Fsp3) is 0.0476. The number of rotatable bonds is 6. The maximum atomic E-state index is 12.4. The number of anilines is 2. The Morgan fingerprint density at radius 3 is 2.18 bits per heavy atom. The fourth-order valence-corrected chi connectivity index (χ4v) is 2.70. The van der Waals surface area contributed by atoms with E-state index in [-0.39, 0.29) is 18.4 Å². The number of carbonyl (C=O) groups excluding carboxylic acids is 2. The Hall–Kier alpha value is -3.02. The van der Waals surface area contributed by atoms with E-state index in [1.165, 1.54) is 0 Å².